The van der Waals surface area contributed by atoms with E-state index in [1.165, 1.54) is 0 Å². The first-order valence-electron chi connectivity index (χ1n) is 17.2. The maximum atomic E-state index is 13.8. The molecule has 4 fully saturated rings. The zero-order valence-corrected chi connectivity index (χ0v) is 27.6. The number of fused-ring (bicyclic) bond motifs is 5. The van der Waals surface area contributed by atoms with Gasteiger partial charge >= 0.3 is 0 Å². The van der Waals surface area contributed by atoms with Gasteiger partial charge in [0.15, 0.2) is 5.78 Å². The van der Waals surface area contributed by atoms with Crippen LogP contribution < -0.4 is 0 Å². The number of phenolic OH excluding ortho intramolecular Hbond substituents is 1. The second-order valence-electron chi connectivity index (χ2n) is 16.1. The van der Waals surface area contributed by atoms with Gasteiger partial charge in [0.25, 0.3) is 0 Å². The van der Waals surface area contributed by atoms with Gasteiger partial charge in [-0.3, -0.25) is 4.79 Å². The molecule has 1 aromatic carbocycles. The molecule has 250 valence electrons. The number of aliphatic hydroxyl groups excluding tert-OH is 3. The highest BCUT2D eigenvalue weighted by molar-refractivity contribution is 5.95. The van der Waals surface area contributed by atoms with Crippen LogP contribution in [0.4, 0.5) is 0 Å². The minimum Gasteiger partial charge on any atom is -0.508 e. The van der Waals surface area contributed by atoms with E-state index in [1.807, 2.05) is 19.9 Å². The van der Waals surface area contributed by atoms with Crippen LogP contribution in [0.15, 0.2) is 29.8 Å². The number of ether oxygens (including phenoxy) is 1. The fourth-order valence-corrected chi connectivity index (χ4v) is 10.7. The largest absolute Gasteiger partial charge is 0.508 e. The molecule has 12 atom stereocenters. The van der Waals surface area contributed by atoms with Gasteiger partial charge in [-0.15, -0.1) is 0 Å². The Balaban J connectivity index is 1.42. The van der Waals surface area contributed by atoms with Crippen LogP contribution in [0, 0.1) is 40.4 Å². The van der Waals surface area contributed by atoms with Crippen molar-refractivity contribution in [3.63, 3.8) is 0 Å². The topological polar surface area (TPSA) is 151 Å². The highest BCUT2D eigenvalue weighted by Gasteiger charge is 2.72. The van der Waals surface area contributed by atoms with Crippen molar-refractivity contribution in [3.8, 4) is 5.75 Å². The van der Waals surface area contributed by atoms with E-state index in [9.17, 15) is 35.4 Å². The third-order valence-electron chi connectivity index (χ3n) is 13.6. The standard InChI is InChI=1S/C37H54O8/c1-20(2)21(3)32-33(45-32)35(5,43)31-10-14-37(44)26-17-28(40)27-18-29(41)30(42)19-34(27,4)25(26)9-13-36(31,37)12-8-23-16-24(39)7-6-22(23)11-15-38/h6-7,16-17,20-21,25,27,29-33,38-39,41-44H,8-15,18-19H2,1-5H3/t21-,25+,27+,29-,30+,31-,32+,33-,34-,35-,36-,37-/m1/s1. The van der Waals surface area contributed by atoms with E-state index in [0.29, 0.717) is 57.3 Å². The summed E-state index contributed by atoms with van der Waals surface area (Å²) in [6, 6.07) is 5.21. The molecule has 1 aromatic rings. The van der Waals surface area contributed by atoms with E-state index in [-0.39, 0.29) is 54.5 Å². The van der Waals surface area contributed by atoms with Gasteiger partial charge in [-0.1, -0.05) is 33.8 Å². The lowest BCUT2D eigenvalue weighted by molar-refractivity contribution is -0.168. The van der Waals surface area contributed by atoms with Crippen molar-refractivity contribution >= 4 is 5.78 Å². The summed E-state index contributed by atoms with van der Waals surface area (Å²) in [6.45, 7) is 10.4. The molecule has 0 radical (unpaired) electrons. The van der Waals surface area contributed by atoms with E-state index in [1.54, 1.807) is 18.2 Å². The third-order valence-corrected chi connectivity index (χ3v) is 13.6. The summed E-state index contributed by atoms with van der Waals surface area (Å²) in [5.74, 6) is -0.118. The first-order chi connectivity index (χ1) is 21.1. The number of aromatic hydroxyl groups is 1. The van der Waals surface area contributed by atoms with Crippen LogP contribution in [-0.4, -0.2) is 78.6 Å². The van der Waals surface area contributed by atoms with E-state index in [4.69, 9.17) is 4.74 Å². The molecule has 6 N–H and O–H groups in total. The van der Waals surface area contributed by atoms with E-state index >= 15 is 0 Å². The number of hydrogen-bond donors (Lipinski definition) is 6. The van der Waals surface area contributed by atoms with Crippen molar-refractivity contribution in [2.75, 3.05) is 6.61 Å². The van der Waals surface area contributed by atoms with Crippen LogP contribution in [-0.2, 0) is 22.4 Å². The first kappa shape index (κ1) is 33.1. The third kappa shape index (κ3) is 5.05. The van der Waals surface area contributed by atoms with Crippen molar-refractivity contribution in [1.82, 2.24) is 0 Å². The van der Waals surface area contributed by atoms with Crippen LogP contribution in [0.2, 0.25) is 0 Å². The zero-order valence-electron chi connectivity index (χ0n) is 27.6. The van der Waals surface area contributed by atoms with Gasteiger partial charge in [0.2, 0.25) is 0 Å². The summed E-state index contributed by atoms with van der Waals surface area (Å²) in [5, 5.41) is 66.9. The van der Waals surface area contributed by atoms with E-state index < -0.39 is 40.2 Å². The zero-order chi connectivity index (χ0) is 32.7. The van der Waals surface area contributed by atoms with Crippen LogP contribution in [0.25, 0.3) is 0 Å². The fourth-order valence-electron chi connectivity index (χ4n) is 10.7. The lowest BCUT2D eigenvalue weighted by Gasteiger charge is -2.61. The number of phenols is 1. The highest BCUT2D eigenvalue weighted by Crippen LogP contribution is 2.70. The molecule has 5 aliphatic rings. The van der Waals surface area contributed by atoms with E-state index in [0.717, 1.165) is 16.7 Å². The summed E-state index contributed by atoms with van der Waals surface area (Å²) in [7, 11) is 0. The molecule has 6 rings (SSSR count). The molecule has 4 aliphatic carbocycles. The Morgan fingerprint density at radius 2 is 1.78 bits per heavy atom. The van der Waals surface area contributed by atoms with Crippen molar-refractivity contribution in [1.29, 1.82) is 0 Å². The Morgan fingerprint density at radius 3 is 2.47 bits per heavy atom. The van der Waals surface area contributed by atoms with Gasteiger partial charge in [0.1, 0.15) is 11.9 Å². The lowest BCUT2D eigenvalue weighted by atomic mass is 9.44. The summed E-state index contributed by atoms with van der Waals surface area (Å²) >= 11 is 0. The SMILES string of the molecule is CC(C)[C@@H](C)[C@@H]1O[C@H]1[C@](C)(O)[C@H]1CC[C@@]2(O)C3=CC(=O)[C@@H]4C[C@@H](O)[C@@H](O)C[C@]4(C)[C@H]3CC[C@]12CCc1cc(O)ccc1CCO. The Bertz CT molecular complexity index is 1340. The number of hydrogen-bond acceptors (Lipinski definition) is 8. The summed E-state index contributed by atoms with van der Waals surface area (Å²) in [5.41, 5.74) is -1.33. The van der Waals surface area contributed by atoms with Gasteiger partial charge in [0, 0.05) is 17.9 Å². The van der Waals surface area contributed by atoms with Gasteiger partial charge in [-0.25, -0.2) is 0 Å². The molecular weight excluding hydrogens is 572 g/mol. The van der Waals surface area contributed by atoms with Crippen LogP contribution in [0.5, 0.6) is 5.75 Å². The Labute approximate surface area is 267 Å². The van der Waals surface area contributed by atoms with Crippen molar-refractivity contribution < 1.29 is 40.2 Å². The average Bonchev–Trinajstić information content (AvgIpc) is 3.72. The molecule has 0 bridgehead atoms. The molecule has 45 heavy (non-hydrogen) atoms. The summed E-state index contributed by atoms with van der Waals surface area (Å²) in [6.07, 6.45) is 3.76. The van der Waals surface area contributed by atoms with Crippen molar-refractivity contribution in [2.45, 2.75) is 128 Å². The first-order valence-corrected chi connectivity index (χ1v) is 17.2. The molecule has 8 heteroatoms. The maximum absolute atomic E-state index is 13.8. The van der Waals surface area contributed by atoms with Crippen molar-refractivity contribution in [2.24, 2.45) is 40.4 Å². The number of epoxide rings is 1. The molecule has 0 unspecified atom stereocenters. The molecule has 1 saturated heterocycles. The minimum atomic E-state index is -1.35. The van der Waals surface area contributed by atoms with Crippen LogP contribution >= 0.6 is 0 Å². The van der Waals surface area contributed by atoms with Gasteiger partial charge in [-0.2, -0.15) is 0 Å². The Kier molecular flexibility index (Phi) is 8.40. The van der Waals surface area contributed by atoms with Crippen LogP contribution in [0.1, 0.15) is 90.7 Å². The monoisotopic (exact) mass is 626 g/mol. The minimum absolute atomic E-state index is 0.0182. The number of carbonyl (C=O) groups excluding carboxylic acids is 1. The average molecular weight is 627 g/mol. The van der Waals surface area contributed by atoms with Crippen molar-refractivity contribution in [3.05, 3.63) is 41.0 Å². The number of aryl methyl sites for hydroxylation is 1. The number of carbonyl (C=O) groups is 1. The lowest BCUT2D eigenvalue weighted by Crippen LogP contribution is -2.63. The smallest absolute Gasteiger partial charge is 0.159 e. The predicted molar refractivity (Wildman–Crippen MR) is 169 cm³/mol. The normalized spacial score (nSPS) is 42.8. The molecular formula is C37H54O8. The molecule has 1 aliphatic heterocycles. The molecule has 0 amide bonds. The maximum Gasteiger partial charge on any atom is 0.159 e. The fraction of sp³-hybridized carbons (Fsp3) is 0.757. The highest BCUT2D eigenvalue weighted by atomic mass is 16.6. The number of benzene rings is 1. The summed E-state index contributed by atoms with van der Waals surface area (Å²) < 4.78 is 6.22. The van der Waals surface area contributed by atoms with Crippen LogP contribution in [0.3, 0.4) is 0 Å². The Morgan fingerprint density at radius 1 is 1.04 bits per heavy atom. The second-order valence-corrected chi connectivity index (χ2v) is 16.1. The molecule has 8 nitrogen and oxygen atoms in total. The summed E-state index contributed by atoms with van der Waals surface area (Å²) in [4.78, 5) is 13.8. The van der Waals surface area contributed by atoms with E-state index in [2.05, 4.69) is 20.8 Å². The molecule has 3 saturated carbocycles. The quantitative estimate of drug-likeness (QED) is 0.226. The molecule has 0 aromatic heterocycles. The van der Waals surface area contributed by atoms with Gasteiger partial charge in [-0.05, 0) is 129 Å². The Hall–Kier alpha value is -1.81. The van der Waals surface area contributed by atoms with Gasteiger partial charge < -0.3 is 35.4 Å². The van der Waals surface area contributed by atoms with Gasteiger partial charge in [0.05, 0.1) is 29.5 Å². The second kappa shape index (κ2) is 11.4. The predicted octanol–water partition coefficient (Wildman–Crippen LogP) is 3.85. The molecule has 0 spiro atoms. The number of allylic oxidation sites excluding steroid dienone is 1. The number of ketones is 1. The number of rotatable bonds is 9. The number of aliphatic hydroxyl groups is 5. The molecule has 1 heterocycles.